The molecule has 0 aliphatic heterocycles. The Labute approximate surface area is 281 Å². The van der Waals surface area contributed by atoms with Gasteiger partial charge in [-0.2, -0.15) is 0 Å². The van der Waals surface area contributed by atoms with Gasteiger partial charge < -0.3 is 7.43 Å². The number of benzene rings is 1. The Balaban J connectivity index is -0.000000378. The maximum absolute atomic E-state index is 4.85. The van der Waals surface area contributed by atoms with Gasteiger partial charge in [0.25, 0.3) is 0 Å². The number of allylic oxidation sites excluding steroid dienone is 9. The second kappa shape index (κ2) is 31.1. The van der Waals surface area contributed by atoms with Crippen LogP contribution in [0.2, 0.25) is 0 Å². The molecule has 2 heterocycles. The third-order valence-corrected chi connectivity index (χ3v) is 5.91. The molecule has 0 spiro atoms. The van der Waals surface area contributed by atoms with Crippen LogP contribution >= 0.6 is 19.4 Å². The van der Waals surface area contributed by atoms with Crippen LogP contribution in [0.5, 0.6) is 0 Å². The predicted octanol–water partition coefficient (Wildman–Crippen LogP) is 14.0. The van der Waals surface area contributed by atoms with Gasteiger partial charge in [-0.25, -0.2) is 0 Å². The Morgan fingerprint density at radius 2 is 1.26 bits per heavy atom. The summed E-state index contributed by atoms with van der Waals surface area (Å²) < 4.78 is 0. The van der Waals surface area contributed by atoms with E-state index in [1.807, 2.05) is 66.1 Å². The quantitative estimate of drug-likeness (QED) is 0.0836. The topological polar surface area (TPSA) is 25.8 Å². The van der Waals surface area contributed by atoms with Gasteiger partial charge in [0.1, 0.15) is 0 Å². The summed E-state index contributed by atoms with van der Waals surface area (Å²) in [5.74, 6) is 0.727. The van der Waals surface area contributed by atoms with Crippen LogP contribution in [0.3, 0.4) is 0 Å². The van der Waals surface area contributed by atoms with E-state index in [2.05, 4.69) is 113 Å². The summed E-state index contributed by atoms with van der Waals surface area (Å²) in [5.41, 5.74) is 8.00. The molecule has 0 radical (unpaired) electrons. The first kappa shape index (κ1) is 47.6. The van der Waals surface area contributed by atoms with E-state index in [1.54, 1.807) is 0 Å². The molecule has 0 bridgehead atoms. The summed E-state index contributed by atoms with van der Waals surface area (Å²) in [5, 5.41) is 2.23. The molecule has 3 aromatic rings. The zero-order chi connectivity index (χ0) is 33.1. The molecule has 0 aliphatic rings. The zero-order valence-electron chi connectivity index (χ0n) is 28.8. The van der Waals surface area contributed by atoms with Crippen molar-refractivity contribution in [3.8, 4) is 0 Å². The van der Waals surface area contributed by atoms with Crippen LogP contribution in [-0.2, 0) is 15.1 Å². The SMILES string of the molecule is C/C=C(\C)C(C)C.C=C.C=C/C(=C\C)c1ccnc2c1ccc1c(C(/C=C\C)=C/CC)ccnc12.CC.CC.[CH3-].[Cl][Ru][Cl]. The Morgan fingerprint density at radius 3 is 1.53 bits per heavy atom. The molecule has 0 N–H and O–H groups in total. The second-order valence-corrected chi connectivity index (χ2v) is 11.0. The van der Waals surface area contributed by atoms with Crippen molar-refractivity contribution in [1.29, 1.82) is 0 Å². The molecule has 0 saturated carbocycles. The third-order valence-electron chi connectivity index (χ3n) is 5.91. The molecule has 0 atom stereocenters. The van der Waals surface area contributed by atoms with Gasteiger partial charge >= 0.3 is 34.5 Å². The molecule has 242 valence electrons. The van der Waals surface area contributed by atoms with Gasteiger partial charge in [-0.05, 0) is 74.4 Å². The second-order valence-electron chi connectivity index (χ2n) is 8.33. The summed E-state index contributed by atoms with van der Waals surface area (Å²) in [6.07, 6.45) is 17.3. The first-order valence-electron chi connectivity index (χ1n) is 14.6. The average molecular weight is 714 g/mol. The standard InChI is InChI=1S/C24H24N2.C7H14.2C2H6.C2H4.CH3.2ClH.Ru/c1-5-9-18(10-6-2)20-14-16-26-24-22(20)12-11-21-19(17(7-3)8-4)13-15-25-23(21)24;1-5-7(4)6(2)3;3*1-2;;;;/h5,7-16H,3,6H2,1-2,4H3;5-6H,1-4H3;2*1-2H3;1-2H2;1H3;2*1H;/q;;;;;-1;;;+2/p-2/b9-5-,17-8+,18-10+;7-5+;;;;;;;. The molecule has 0 amide bonds. The molecule has 5 heteroatoms. The number of fused-ring (bicyclic) bond motifs is 3. The summed E-state index contributed by atoms with van der Waals surface area (Å²) in [7, 11) is 9.71. The Morgan fingerprint density at radius 1 is 0.837 bits per heavy atom. The van der Waals surface area contributed by atoms with Crippen molar-refractivity contribution in [2.24, 2.45) is 5.92 Å². The minimum absolute atomic E-state index is 0. The fraction of sp³-hybridized carbons (Fsp3) is 0.342. The molecule has 3 rings (SSSR count). The maximum atomic E-state index is 4.85. The number of rotatable bonds is 6. The molecular weight excluding hydrogens is 656 g/mol. The van der Waals surface area contributed by atoms with Crippen molar-refractivity contribution in [3.05, 3.63) is 117 Å². The fourth-order valence-corrected chi connectivity index (χ4v) is 3.72. The fourth-order valence-electron chi connectivity index (χ4n) is 3.72. The van der Waals surface area contributed by atoms with Crippen LogP contribution in [-0.4, -0.2) is 9.97 Å². The molecule has 0 fully saturated rings. The van der Waals surface area contributed by atoms with E-state index in [-0.39, 0.29) is 22.6 Å². The Kier molecular flexibility index (Phi) is 34.5. The summed E-state index contributed by atoms with van der Waals surface area (Å²) in [4.78, 5) is 9.32. The third kappa shape index (κ3) is 16.4. The predicted molar refractivity (Wildman–Crippen MR) is 200 cm³/mol. The summed E-state index contributed by atoms with van der Waals surface area (Å²) in [6.45, 7) is 32.8. The van der Waals surface area contributed by atoms with Crippen molar-refractivity contribution in [2.75, 3.05) is 0 Å². The van der Waals surface area contributed by atoms with Gasteiger partial charge in [0.15, 0.2) is 0 Å². The van der Waals surface area contributed by atoms with Crippen LogP contribution in [0.4, 0.5) is 0 Å². The molecule has 2 nitrogen and oxygen atoms in total. The van der Waals surface area contributed by atoms with Crippen molar-refractivity contribution < 1.29 is 15.1 Å². The van der Waals surface area contributed by atoms with Gasteiger partial charge in [-0.1, -0.05) is 109 Å². The van der Waals surface area contributed by atoms with Gasteiger partial charge in [0.05, 0.1) is 11.0 Å². The van der Waals surface area contributed by atoms with E-state index in [0.717, 1.165) is 45.3 Å². The Bertz CT molecular complexity index is 1270. The van der Waals surface area contributed by atoms with E-state index < -0.39 is 0 Å². The number of halogens is 2. The first-order chi connectivity index (χ1) is 20.3. The monoisotopic (exact) mass is 713 g/mol. The van der Waals surface area contributed by atoms with E-state index in [4.69, 9.17) is 19.4 Å². The van der Waals surface area contributed by atoms with Gasteiger partial charge in [-0.15, -0.1) is 13.2 Å². The average Bonchev–Trinajstić information content (AvgIpc) is 3.04. The van der Waals surface area contributed by atoms with Crippen molar-refractivity contribution >= 4 is 52.3 Å². The normalized spacial score (nSPS) is 10.9. The summed E-state index contributed by atoms with van der Waals surface area (Å²) in [6, 6.07) is 8.43. The van der Waals surface area contributed by atoms with Crippen LogP contribution in [0.1, 0.15) is 93.7 Å². The van der Waals surface area contributed by atoms with Crippen LogP contribution in [0.25, 0.3) is 33.0 Å². The number of nitrogens with zero attached hydrogens (tertiary/aromatic N) is 2. The zero-order valence-corrected chi connectivity index (χ0v) is 32.1. The van der Waals surface area contributed by atoms with Gasteiger partial charge in [-0.3, -0.25) is 9.97 Å². The number of aromatic nitrogens is 2. The molecule has 2 aromatic heterocycles. The molecule has 0 saturated heterocycles. The molecule has 43 heavy (non-hydrogen) atoms. The van der Waals surface area contributed by atoms with Gasteiger partial charge in [0, 0.05) is 23.2 Å². The van der Waals surface area contributed by atoms with E-state index in [9.17, 15) is 0 Å². The molecular formula is C38H57Cl2N2Ru-. The molecule has 0 aliphatic carbocycles. The molecule has 0 unspecified atom stereocenters. The summed E-state index contributed by atoms with van der Waals surface area (Å²) >= 11 is -0.346. The van der Waals surface area contributed by atoms with Crippen LogP contribution in [0, 0.1) is 13.3 Å². The van der Waals surface area contributed by atoms with E-state index >= 15 is 0 Å². The minimum atomic E-state index is -0.346. The van der Waals surface area contributed by atoms with Crippen molar-refractivity contribution in [2.45, 2.75) is 82.6 Å². The van der Waals surface area contributed by atoms with Crippen LogP contribution < -0.4 is 0 Å². The Hall–Kier alpha value is -2.32. The van der Waals surface area contributed by atoms with Crippen molar-refractivity contribution in [3.63, 3.8) is 0 Å². The molecule has 1 aromatic carbocycles. The van der Waals surface area contributed by atoms with Crippen molar-refractivity contribution in [1.82, 2.24) is 9.97 Å². The van der Waals surface area contributed by atoms with E-state index in [0.29, 0.717) is 0 Å². The number of hydrogen-bond acceptors (Lipinski definition) is 2. The van der Waals surface area contributed by atoms with Crippen LogP contribution in [0.15, 0.2) is 98.4 Å². The van der Waals surface area contributed by atoms with E-state index in [1.165, 1.54) is 16.7 Å². The first-order valence-corrected chi connectivity index (χ1v) is 19.1. The van der Waals surface area contributed by atoms with Gasteiger partial charge in [0.2, 0.25) is 0 Å². The number of pyridine rings is 2. The number of hydrogen-bond donors (Lipinski definition) is 0.